The SMILES string of the molecule is CC(=O)Nc1cc(Cl)c2[nH]c(=O)n(C)c2c1O. The van der Waals surface area contributed by atoms with Gasteiger partial charge in [0.15, 0.2) is 5.75 Å². The molecule has 3 N–H and O–H groups in total. The normalized spacial score (nSPS) is 10.8. The summed E-state index contributed by atoms with van der Waals surface area (Å²) in [6.45, 7) is 1.31. The highest BCUT2D eigenvalue weighted by Crippen LogP contribution is 2.35. The number of aromatic amines is 1. The number of benzene rings is 1. The summed E-state index contributed by atoms with van der Waals surface area (Å²) in [4.78, 5) is 24.9. The monoisotopic (exact) mass is 255 g/mol. The van der Waals surface area contributed by atoms with Crippen molar-refractivity contribution in [2.75, 3.05) is 5.32 Å². The van der Waals surface area contributed by atoms with Crippen LogP contribution in [0, 0.1) is 0 Å². The van der Waals surface area contributed by atoms with E-state index in [-0.39, 0.29) is 27.9 Å². The molecule has 0 radical (unpaired) electrons. The number of hydrogen-bond donors (Lipinski definition) is 3. The zero-order valence-corrected chi connectivity index (χ0v) is 9.92. The minimum absolute atomic E-state index is 0.171. The summed E-state index contributed by atoms with van der Waals surface area (Å²) in [5.41, 5.74) is 0.374. The molecule has 6 nitrogen and oxygen atoms in total. The van der Waals surface area contributed by atoms with Gasteiger partial charge in [-0.2, -0.15) is 0 Å². The molecule has 0 aliphatic rings. The van der Waals surface area contributed by atoms with Crippen molar-refractivity contribution in [3.63, 3.8) is 0 Å². The van der Waals surface area contributed by atoms with E-state index in [2.05, 4.69) is 10.3 Å². The fourth-order valence-corrected chi connectivity index (χ4v) is 1.89. The molecule has 90 valence electrons. The maximum atomic E-state index is 11.4. The van der Waals surface area contributed by atoms with Crippen molar-refractivity contribution in [2.24, 2.45) is 7.05 Å². The fraction of sp³-hybridized carbons (Fsp3) is 0.200. The van der Waals surface area contributed by atoms with Gasteiger partial charge < -0.3 is 15.4 Å². The van der Waals surface area contributed by atoms with E-state index in [1.165, 1.54) is 24.6 Å². The van der Waals surface area contributed by atoms with Gasteiger partial charge in [-0.25, -0.2) is 4.79 Å². The van der Waals surface area contributed by atoms with Gasteiger partial charge in [0.25, 0.3) is 0 Å². The number of aryl methyl sites for hydroxylation is 1. The number of H-pyrrole nitrogens is 1. The van der Waals surface area contributed by atoms with Crippen LogP contribution in [0.5, 0.6) is 5.75 Å². The number of fused-ring (bicyclic) bond motifs is 1. The fourth-order valence-electron chi connectivity index (χ4n) is 1.65. The average molecular weight is 256 g/mol. The quantitative estimate of drug-likeness (QED) is 0.669. The number of carbonyl (C=O) groups excluding carboxylic acids is 1. The van der Waals surface area contributed by atoms with Gasteiger partial charge in [-0.05, 0) is 6.07 Å². The molecule has 1 aromatic carbocycles. The maximum Gasteiger partial charge on any atom is 0.326 e. The number of aromatic hydroxyl groups is 1. The number of anilines is 1. The van der Waals surface area contributed by atoms with Gasteiger partial charge in [0.1, 0.15) is 5.52 Å². The Morgan fingerprint density at radius 3 is 2.82 bits per heavy atom. The highest BCUT2D eigenvalue weighted by atomic mass is 35.5. The molecule has 0 aliphatic carbocycles. The van der Waals surface area contributed by atoms with E-state index < -0.39 is 5.69 Å². The lowest BCUT2D eigenvalue weighted by molar-refractivity contribution is -0.114. The molecule has 2 rings (SSSR count). The number of phenolic OH excluding ortho intramolecular Hbond substituents is 1. The summed E-state index contributed by atoms with van der Waals surface area (Å²) in [7, 11) is 1.49. The first-order chi connectivity index (χ1) is 7.91. The van der Waals surface area contributed by atoms with E-state index in [0.717, 1.165) is 0 Å². The molecule has 0 spiro atoms. The number of carbonyl (C=O) groups is 1. The number of phenols is 1. The Morgan fingerprint density at radius 2 is 2.24 bits per heavy atom. The van der Waals surface area contributed by atoms with E-state index in [9.17, 15) is 14.7 Å². The Balaban J connectivity index is 2.83. The summed E-state index contributed by atoms with van der Waals surface area (Å²) >= 11 is 5.96. The van der Waals surface area contributed by atoms with E-state index in [1.54, 1.807) is 0 Å². The van der Waals surface area contributed by atoms with Crippen LogP contribution >= 0.6 is 11.6 Å². The second-order valence-corrected chi connectivity index (χ2v) is 4.06. The van der Waals surface area contributed by atoms with E-state index in [0.29, 0.717) is 5.52 Å². The molecule has 1 heterocycles. The molecule has 0 unspecified atom stereocenters. The Morgan fingerprint density at radius 1 is 1.59 bits per heavy atom. The number of imidazole rings is 1. The zero-order valence-electron chi connectivity index (χ0n) is 9.17. The van der Waals surface area contributed by atoms with Crippen LogP contribution in [0.1, 0.15) is 6.92 Å². The second-order valence-electron chi connectivity index (χ2n) is 3.65. The van der Waals surface area contributed by atoms with Crippen LogP contribution in [0.4, 0.5) is 5.69 Å². The molecule has 0 atom stereocenters. The van der Waals surface area contributed by atoms with E-state index in [1.807, 2.05) is 0 Å². The zero-order chi connectivity index (χ0) is 12.7. The molecule has 0 saturated heterocycles. The first kappa shape index (κ1) is 11.5. The lowest BCUT2D eigenvalue weighted by Crippen LogP contribution is -2.12. The summed E-state index contributed by atoms with van der Waals surface area (Å²) in [6.07, 6.45) is 0. The van der Waals surface area contributed by atoms with Crippen LogP contribution in [0.25, 0.3) is 11.0 Å². The number of hydrogen-bond acceptors (Lipinski definition) is 3. The van der Waals surface area contributed by atoms with Crippen molar-refractivity contribution in [3.05, 3.63) is 21.6 Å². The molecule has 0 aliphatic heterocycles. The lowest BCUT2D eigenvalue weighted by Gasteiger charge is -2.08. The Labute approximate surface area is 101 Å². The van der Waals surface area contributed by atoms with Crippen LogP contribution in [-0.2, 0) is 11.8 Å². The Bertz CT molecular complexity index is 671. The first-order valence-electron chi connectivity index (χ1n) is 4.79. The van der Waals surface area contributed by atoms with Crippen molar-refractivity contribution in [1.82, 2.24) is 9.55 Å². The van der Waals surface area contributed by atoms with Gasteiger partial charge in [0, 0.05) is 14.0 Å². The van der Waals surface area contributed by atoms with Gasteiger partial charge in [-0.15, -0.1) is 0 Å². The molecular weight excluding hydrogens is 246 g/mol. The van der Waals surface area contributed by atoms with Crippen molar-refractivity contribution in [1.29, 1.82) is 0 Å². The highest BCUT2D eigenvalue weighted by Gasteiger charge is 2.16. The minimum atomic E-state index is -0.392. The van der Waals surface area contributed by atoms with E-state index >= 15 is 0 Å². The summed E-state index contributed by atoms with van der Waals surface area (Å²) < 4.78 is 1.22. The summed E-state index contributed by atoms with van der Waals surface area (Å²) in [5, 5.41) is 12.7. The van der Waals surface area contributed by atoms with Crippen molar-refractivity contribution in [3.8, 4) is 5.75 Å². The first-order valence-corrected chi connectivity index (χ1v) is 5.17. The third kappa shape index (κ3) is 1.76. The number of aromatic nitrogens is 2. The number of nitrogens with one attached hydrogen (secondary N) is 2. The van der Waals surface area contributed by atoms with Crippen molar-refractivity contribution in [2.45, 2.75) is 6.92 Å². The number of nitrogens with zero attached hydrogens (tertiary/aromatic N) is 1. The van der Waals surface area contributed by atoms with Gasteiger partial charge >= 0.3 is 5.69 Å². The molecule has 1 amide bonds. The average Bonchev–Trinajstić information content (AvgIpc) is 2.52. The maximum absolute atomic E-state index is 11.4. The third-order valence-electron chi connectivity index (χ3n) is 2.41. The van der Waals surface area contributed by atoms with Crippen LogP contribution in [0.2, 0.25) is 5.02 Å². The molecule has 0 bridgehead atoms. The van der Waals surface area contributed by atoms with Crippen LogP contribution in [-0.4, -0.2) is 20.6 Å². The van der Waals surface area contributed by atoms with Crippen molar-refractivity contribution >= 4 is 34.2 Å². The van der Waals surface area contributed by atoms with Gasteiger partial charge in [0.05, 0.1) is 16.2 Å². The number of amides is 1. The standard InChI is InChI=1S/C10H10ClN3O3/c1-4(15)12-6-3-5(11)7-8(9(6)16)14(2)10(17)13-7/h3,16H,1-2H3,(H,12,15)(H,13,17). The molecule has 2 aromatic rings. The second kappa shape index (κ2) is 3.81. The molecule has 1 aromatic heterocycles. The molecule has 17 heavy (non-hydrogen) atoms. The lowest BCUT2D eigenvalue weighted by atomic mass is 10.2. The Kier molecular flexibility index (Phi) is 2.59. The molecule has 0 fully saturated rings. The smallest absolute Gasteiger partial charge is 0.326 e. The predicted molar refractivity (Wildman–Crippen MR) is 64.5 cm³/mol. The molecular formula is C10H10ClN3O3. The third-order valence-corrected chi connectivity index (χ3v) is 2.71. The van der Waals surface area contributed by atoms with Gasteiger partial charge in [0.2, 0.25) is 5.91 Å². The van der Waals surface area contributed by atoms with E-state index in [4.69, 9.17) is 11.6 Å². The summed E-state index contributed by atoms with van der Waals surface area (Å²) in [6, 6.07) is 1.39. The van der Waals surface area contributed by atoms with Gasteiger partial charge in [-0.1, -0.05) is 11.6 Å². The highest BCUT2D eigenvalue weighted by molar-refractivity contribution is 6.35. The van der Waals surface area contributed by atoms with Gasteiger partial charge in [-0.3, -0.25) is 9.36 Å². The van der Waals surface area contributed by atoms with Crippen LogP contribution in [0.15, 0.2) is 10.9 Å². The van der Waals surface area contributed by atoms with Crippen molar-refractivity contribution < 1.29 is 9.90 Å². The van der Waals surface area contributed by atoms with Crippen LogP contribution < -0.4 is 11.0 Å². The predicted octanol–water partition coefficient (Wildman–Crippen LogP) is 1.18. The molecule has 7 heteroatoms. The largest absolute Gasteiger partial charge is 0.504 e. The number of halogens is 1. The minimum Gasteiger partial charge on any atom is -0.504 e. The number of rotatable bonds is 1. The Hall–Kier alpha value is -1.95. The van der Waals surface area contributed by atoms with Crippen LogP contribution in [0.3, 0.4) is 0 Å². The molecule has 0 saturated carbocycles. The topological polar surface area (TPSA) is 87.1 Å². The summed E-state index contributed by atoms with van der Waals surface area (Å²) in [5.74, 6) is -0.531.